The summed E-state index contributed by atoms with van der Waals surface area (Å²) in [6.45, 7) is 4.11. The molecule has 4 heteroatoms. The number of nitrogens with zero attached hydrogens (tertiary/aromatic N) is 1. The highest BCUT2D eigenvalue weighted by Gasteiger charge is 2.59. The molecule has 1 saturated heterocycles. The maximum absolute atomic E-state index is 13.2. The zero-order chi connectivity index (χ0) is 14.7. The molecular weight excluding hydrogens is 264 g/mol. The molecule has 1 aliphatic heterocycles. The summed E-state index contributed by atoms with van der Waals surface area (Å²) in [7, 11) is 0. The van der Waals surface area contributed by atoms with Crippen LogP contribution < -0.4 is 5.32 Å². The quantitative estimate of drug-likeness (QED) is 0.802. The minimum atomic E-state index is -0.135. The van der Waals surface area contributed by atoms with Crippen molar-refractivity contribution in [3.8, 4) is 0 Å². The summed E-state index contributed by atoms with van der Waals surface area (Å²) in [6, 6.07) is 0. The van der Waals surface area contributed by atoms with Crippen LogP contribution in [0, 0.1) is 22.7 Å². The Morgan fingerprint density at radius 1 is 1.24 bits per heavy atom. The van der Waals surface area contributed by atoms with Crippen molar-refractivity contribution in [2.45, 2.75) is 51.9 Å². The Labute approximate surface area is 126 Å². The van der Waals surface area contributed by atoms with Gasteiger partial charge in [0.05, 0.1) is 12.0 Å². The van der Waals surface area contributed by atoms with Crippen LogP contribution >= 0.6 is 0 Å². The van der Waals surface area contributed by atoms with Gasteiger partial charge < -0.3 is 10.2 Å². The van der Waals surface area contributed by atoms with Gasteiger partial charge in [-0.3, -0.25) is 9.59 Å². The highest BCUT2D eigenvalue weighted by Crippen LogP contribution is 2.65. The molecule has 5 rings (SSSR count). The summed E-state index contributed by atoms with van der Waals surface area (Å²) in [6.07, 6.45) is 8.08. The van der Waals surface area contributed by atoms with E-state index in [1.54, 1.807) is 0 Å². The Morgan fingerprint density at radius 2 is 1.95 bits per heavy atom. The number of carbonyl (C=O) groups excluding carboxylic acids is 2. The molecule has 0 aromatic heterocycles. The third kappa shape index (κ3) is 2.18. The molecule has 5 aliphatic rings. The lowest BCUT2D eigenvalue weighted by molar-refractivity contribution is -0.166. The number of amides is 2. The second kappa shape index (κ2) is 4.47. The minimum absolute atomic E-state index is 0.0109. The van der Waals surface area contributed by atoms with Gasteiger partial charge in [0.2, 0.25) is 11.8 Å². The van der Waals surface area contributed by atoms with Gasteiger partial charge in [-0.1, -0.05) is 6.92 Å². The predicted molar refractivity (Wildman–Crippen MR) is 79.4 cm³/mol. The van der Waals surface area contributed by atoms with Gasteiger partial charge in [0, 0.05) is 13.1 Å². The Balaban J connectivity index is 1.60. The highest BCUT2D eigenvalue weighted by atomic mass is 16.2. The first-order chi connectivity index (χ1) is 9.98. The topological polar surface area (TPSA) is 49.4 Å². The molecule has 116 valence electrons. The predicted octanol–water partition coefficient (Wildman–Crippen LogP) is 1.94. The van der Waals surface area contributed by atoms with E-state index in [4.69, 9.17) is 0 Å². The summed E-state index contributed by atoms with van der Waals surface area (Å²) in [5, 5.41) is 2.88. The van der Waals surface area contributed by atoms with Crippen molar-refractivity contribution in [2.24, 2.45) is 22.7 Å². The van der Waals surface area contributed by atoms with Crippen LogP contribution in [0.15, 0.2) is 0 Å². The van der Waals surface area contributed by atoms with Crippen LogP contribution in [0.3, 0.4) is 0 Å². The molecule has 1 N–H and O–H groups in total. The summed E-state index contributed by atoms with van der Waals surface area (Å²) >= 11 is 0. The summed E-state index contributed by atoms with van der Waals surface area (Å²) < 4.78 is 0. The molecule has 4 aliphatic carbocycles. The summed E-state index contributed by atoms with van der Waals surface area (Å²) in [5.74, 6) is 1.80. The Hall–Kier alpha value is -1.06. The van der Waals surface area contributed by atoms with Crippen molar-refractivity contribution in [2.75, 3.05) is 19.6 Å². The molecule has 2 unspecified atom stereocenters. The van der Waals surface area contributed by atoms with Crippen LogP contribution in [-0.4, -0.2) is 36.3 Å². The number of hydrogen-bond donors (Lipinski definition) is 1. The van der Waals surface area contributed by atoms with Gasteiger partial charge in [-0.2, -0.15) is 0 Å². The Bertz CT molecular complexity index is 473. The van der Waals surface area contributed by atoms with E-state index in [0.717, 1.165) is 44.1 Å². The maximum Gasteiger partial charge on any atom is 0.239 e. The van der Waals surface area contributed by atoms with Crippen LogP contribution in [0.5, 0.6) is 0 Å². The van der Waals surface area contributed by atoms with Crippen LogP contribution in [0.2, 0.25) is 0 Å². The third-order valence-electron chi connectivity index (χ3n) is 6.36. The minimum Gasteiger partial charge on any atom is -0.354 e. The van der Waals surface area contributed by atoms with E-state index in [1.807, 2.05) is 4.90 Å². The average Bonchev–Trinajstić information content (AvgIpc) is 2.59. The number of nitrogens with one attached hydrogen (secondary N) is 1. The van der Waals surface area contributed by atoms with Crippen LogP contribution in [0.1, 0.15) is 51.9 Å². The van der Waals surface area contributed by atoms with Gasteiger partial charge in [-0.05, 0) is 62.2 Å². The van der Waals surface area contributed by atoms with E-state index >= 15 is 0 Å². The molecule has 5 fully saturated rings. The van der Waals surface area contributed by atoms with Crippen molar-refractivity contribution in [1.82, 2.24) is 10.2 Å². The van der Waals surface area contributed by atoms with Crippen molar-refractivity contribution < 1.29 is 9.59 Å². The molecule has 2 atom stereocenters. The third-order valence-corrected chi connectivity index (χ3v) is 6.36. The summed E-state index contributed by atoms with van der Waals surface area (Å²) in [5.41, 5.74) is 0.247. The fourth-order valence-corrected chi connectivity index (χ4v) is 6.29. The van der Waals surface area contributed by atoms with E-state index in [2.05, 4.69) is 12.2 Å². The van der Waals surface area contributed by atoms with Gasteiger partial charge >= 0.3 is 0 Å². The fraction of sp³-hybridized carbons (Fsp3) is 0.882. The standard InChI is InChI=1S/C17H26N2O2/c1-16-6-12-5-13(7-16)9-17(8-12,11-16)15(21)19-4-2-3-18-14(20)10-19/h12-13H,2-11H2,1H3,(H,18,20). The molecule has 0 radical (unpaired) electrons. The number of rotatable bonds is 1. The first kappa shape index (κ1) is 13.6. The highest BCUT2D eigenvalue weighted by molar-refractivity contribution is 5.88. The molecule has 0 spiro atoms. The number of hydrogen-bond acceptors (Lipinski definition) is 2. The normalized spacial score (nSPS) is 45.4. The van der Waals surface area contributed by atoms with Gasteiger partial charge in [-0.15, -0.1) is 0 Å². The van der Waals surface area contributed by atoms with E-state index in [9.17, 15) is 9.59 Å². The van der Waals surface area contributed by atoms with Gasteiger partial charge in [-0.25, -0.2) is 0 Å². The lowest BCUT2D eigenvalue weighted by Gasteiger charge is -2.61. The van der Waals surface area contributed by atoms with E-state index in [-0.39, 0.29) is 17.9 Å². The molecule has 0 aromatic rings. The first-order valence-electron chi connectivity index (χ1n) is 8.54. The second-order valence-electron chi connectivity index (χ2n) is 8.48. The van der Waals surface area contributed by atoms with E-state index in [1.165, 1.54) is 19.3 Å². The Kier molecular flexibility index (Phi) is 2.89. The molecule has 4 saturated carbocycles. The van der Waals surface area contributed by atoms with Crippen molar-refractivity contribution in [3.05, 3.63) is 0 Å². The van der Waals surface area contributed by atoms with E-state index in [0.29, 0.717) is 17.9 Å². The van der Waals surface area contributed by atoms with Crippen LogP contribution in [-0.2, 0) is 9.59 Å². The lowest BCUT2D eigenvalue weighted by atomic mass is 9.44. The van der Waals surface area contributed by atoms with Crippen molar-refractivity contribution >= 4 is 11.8 Å². The van der Waals surface area contributed by atoms with Gasteiger partial charge in [0.1, 0.15) is 0 Å². The lowest BCUT2D eigenvalue weighted by Crippen LogP contribution is -2.58. The SMILES string of the molecule is CC12CC3CC(C1)CC(C(=O)N1CCCNC(=O)C1)(C3)C2. The number of carbonyl (C=O) groups is 2. The molecular formula is C17H26N2O2. The molecule has 4 bridgehead atoms. The van der Waals surface area contributed by atoms with Crippen LogP contribution in [0.4, 0.5) is 0 Å². The van der Waals surface area contributed by atoms with Crippen molar-refractivity contribution in [3.63, 3.8) is 0 Å². The molecule has 1 heterocycles. The largest absolute Gasteiger partial charge is 0.354 e. The monoisotopic (exact) mass is 290 g/mol. The maximum atomic E-state index is 13.2. The smallest absolute Gasteiger partial charge is 0.239 e. The zero-order valence-corrected chi connectivity index (χ0v) is 13.0. The molecule has 4 nitrogen and oxygen atoms in total. The average molecular weight is 290 g/mol. The zero-order valence-electron chi connectivity index (χ0n) is 13.0. The first-order valence-corrected chi connectivity index (χ1v) is 8.54. The second-order valence-corrected chi connectivity index (χ2v) is 8.48. The van der Waals surface area contributed by atoms with E-state index < -0.39 is 0 Å². The van der Waals surface area contributed by atoms with Crippen molar-refractivity contribution in [1.29, 1.82) is 0 Å². The molecule has 21 heavy (non-hydrogen) atoms. The Morgan fingerprint density at radius 3 is 2.62 bits per heavy atom. The molecule has 0 aromatic carbocycles. The molecule has 2 amide bonds. The summed E-state index contributed by atoms with van der Waals surface area (Å²) in [4.78, 5) is 26.9. The van der Waals surface area contributed by atoms with Gasteiger partial charge in [0.25, 0.3) is 0 Å². The fourth-order valence-electron chi connectivity index (χ4n) is 6.29. The van der Waals surface area contributed by atoms with Gasteiger partial charge in [0.15, 0.2) is 0 Å². The van der Waals surface area contributed by atoms with Crippen LogP contribution in [0.25, 0.3) is 0 Å².